The topological polar surface area (TPSA) is 63.9 Å². The Morgan fingerprint density at radius 3 is 2.40 bits per heavy atom. The number of aromatic nitrogens is 2. The molecule has 3 aromatic rings. The molecule has 0 aliphatic carbocycles. The van der Waals surface area contributed by atoms with Crippen LogP contribution in [0.5, 0.6) is 17.2 Å². The van der Waals surface area contributed by atoms with Crippen LogP contribution in [0.4, 0.5) is 0 Å². The number of ether oxygens (including phenoxy) is 2. The van der Waals surface area contributed by atoms with Crippen LogP contribution in [0.25, 0.3) is 0 Å². The third-order valence-corrected chi connectivity index (χ3v) is 4.42. The molecule has 0 saturated heterocycles. The number of aryl methyl sites for hydroxylation is 1. The van der Waals surface area contributed by atoms with Gasteiger partial charge in [0.25, 0.3) is 0 Å². The predicted molar refractivity (Wildman–Crippen MR) is 130 cm³/mol. The summed E-state index contributed by atoms with van der Waals surface area (Å²) in [5, 5.41) is 7.60. The van der Waals surface area contributed by atoms with Crippen LogP contribution in [-0.4, -0.2) is 41.8 Å². The number of hydrogen-bond acceptors (Lipinski definition) is 4. The summed E-state index contributed by atoms with van der Waals surface area (Å²) in [5.74, 6) is 2.98. The van der Waals surface area contributed by atoms with Crippen LogP contribution in [0.1, 0.15) is 11.1 Å². The zero-order valence-corrected chi connectivity index (χ0v) is 20.0. The molecule has 0 spiro atoms. The standard InChI is InChI=1S/C22H27N5O2.HI/c1-23-22(26(2)15-18-14-25-27(3)16-18)24-13-17-9-11-19(12-10-17)29-21-8-6-5-7-20(21)28-4;/h5-12,14,16H,13,15H2,1-4H3,(H,23,24);1H. The Kier molecular flexibility index (Phi) is 8.97. The molecule has 1 N–H and O–H groups in total. The van der Waals surface area contributed by atoms with E-state index in [2.05, 4.69) is 20.3 Å². The van der Waals surface area contributed by atoms with Crippen molar-refractivity contribution >= 4 is 29.9 Å². The summed E-state index contributed by atoms with van der Waals surface area (Å²) in [4.78, 5) is 6.43. The molecule has 30 heavy (non-hydrogen) atoms. The SMILES string of the molecule is CN=C(NCc1ccc(Oc2ccccc2OC)cc1)N(C)Cc1cnn(C)c1.I. The maximum absolute atomic E-state index is 5.92. The van der Waals surface area contributed by atoms with Crippen molar-refractivity contribution in [1.29, 1.82) is 0 Å². The molecule has 0 bridgehead atoms. The number of guanidine groups is 1. The van der Waals surface area contributed by atoms with Crippen molar-refractivity contribution in [2.75, 3.05) is 21.2 Å². The van der Waals surface area contributed by atoms with Crippen LogP contribution in [0.3, 0.4) is 0 Å². The number of nitrogens with zero attached hydrogens (tertiary/aromatic N) is 4. The Morgan fingerprint density at radius 2 is 1.80 bits per heavy atom. The van der Waals surface area contributed by atoms with Crippen LogP contribution in [0, 0.1) is 0 Å². The summed E-state index contributed by atoms with van der Waals surface area (Å²) in [5.41, 5.74) is 2.27. The van der Waals surface area contributed by atoms with Crippen molar-refractivity contribution < 1.29 is 9.47 Å². The van der Waals surface area contributed by atoms with Crippen LogP contribution < -0.4 is 14.8 Å². The smallest absolute Gasteiger partial charge is 0.193 e. The highest BCUT2D eigenvalue weighted by molar-refractivity contribution is 14.0. The van der Waals surface area contributed by atoms with Gasteiger partial charge in [-0.2, -0.15) is 5.10 Å². The summed E-state index contributed by atoms with van der Waals surface area (Å²) < 4.78 is 13.0. The zero-order chi connectivity index (χ0) is 20.6. The van der Waals surface area contributed by atoms with Gasteiger partial charge in [-0.1, -0.05) is 24.3 Å². The molecule has 0 amide bonds. The lowest BCUT2D eigenvalue weighted by atomic mass is 10.2. The zero-order valence-electron chi connectivity index (χ0n) is 17.7. The molecular weight excluding hydrogens is 493 g/mol. The number of methoxy groups -OCH3 is 1. The molecule has 1 aromatic heterocycles. The molecule has 0 unspecified atom stereocenters. The maximum Gasteiger partial charge on any atom is 0.193 e. The largest absolute Gasteiger partial charge is 0.493 e. The van der Waals surface area contributed by atoms with Crippen molar-refractivity contribution in [3.63, 3.8) is 0 Å². The summed E-state index contributed by atoms with van der Waals surface area (Å²) >= 11 is 0. The Morgan fingerprint density at radius 1 is 1.10 bits per heavy atom. The normalized spacial score (nSPS) is 10.9. The monoisotopic (exact) mass is 521 g/mol. The van der Waals surface area contributed by atoms with Crippen molar-refractivity contribution in [3.05, 3.63) is 72.1 Å². The van der Waals surface area contributed by atoms with Crippen LogP contribution in [-0.2, 0) is 20.1 Å². The van der Waals surface area contributed by atoms with Crippen LogP contribution in [0.2, 0.25) is 0 Å². The molecule has 0 atom stereocenters. The van der Waals surface area contributed by atoms with Gasteiger partial charge in [0, 0.05) is 46.0 Å². The molecule has 1 heterocycles. The Balaban J connectivity index is 0.00000320. The van der Waals surface area contributed by atoms with Gasteiger partial charge in [-0.25, -0.2) is 0 Å². The van der Waals surface area contributed by atoms with Gasteiger partial charge in [-0.3, -0.25) is 9.67 Å². The van der Waals surface area contributed by atoms with E-state index >= 15 is 0 Å². The van der Waals surface area contributed by atoms with Gasteiger partial charge < -0.3 is 19.7 Å². The number of rotatable bonds is 7. The Bertz CT molecular complexity index is 956. The first kappa shape index (κ1) is 23.5. The lowest BCUT2D eigenvalue weighted by molar-refractivity contribution is 0.379. The number of para-hydroxylation sites is 2. The fourth-order valence-corrected chi connectivity index (χ4v) is 2.97. The number of halogens is 1. The van der Waals surface area contributed by atoms with Crippen molar-refractivity contribution in [2.45, 2.75) is 13.1 Å². The van der Waals surface area contributed by atoms with E-state index in [4.69, 9.17) is 9.47 Å². The van der Waals surface area contributed by atoms with E-state index in [9.17, 15) is 0 Å². The minimum atomic E-state index is 0. The van der Waals surface area contributed by atoms with Gasteiger partial charge >= 0.3 is 0 Å². The molecule has 2 aromatic carbocycles. The first-order chi connectivity index (χ1) is 14.1. The molecule has 0 radical (unpaired) electrons. The van der Waals surface area contributed by atoms with Crippen molar-refractivity contribution in [1.82, 2.24) is 20.0 Å². The fraction of sp³-hybridized carbons (Fsp3) is 0.273. The Hall–Kier alpha value is -2.75. The fourth-order valence-electron chi connectivity index (χ4n) is 2.97. The molecule has 8 heteroatoms. The molecule has 3 rings (SSSR count). The van der Waals surface area contributed by atoms with E-state index in [1.807, 2.05) is 75.0 Å². The average molecular weight is 521 g/mol. The summed E-state index contributed by atoms with van der Waals surface area (Å²) in [6.07, 6.45) is 3.87. The third kappa shape index (κ3) is 6.38. The van der Waals surface area contributed by atoms with E-state index in [0.29, 0.717) is 18.0 Å². The van der Waals surface area contributed by atoms with E-state index in [1.54, 1.807) is 18.8 Å². The van der Waals surface area contributed by atoms with E-state index in [1.165, 1.54) is 0 Å². The second kappa shape index (κ2) is 11.4. The highest BCUT2D eigenvalue weighted by Crippen LogP contribution is 2.30. The average Bonchev–Trinajstić information content (AvgIpc) is 3.14. The van der Waals surface area contributed by atoms with Crippen molar-refractivity contribution in [2.24, 2.45) is 12.0 Å². The summed E-state index contributed by atoms with van der Waals surface area (Å²) in [6, 6.07) is 15.6. The number of benzene rings is 2. The van der Waals surface area contributed by atoms with Gasteiger partial charge in [0.2, 0.25) is 0 Å². The van der Waals surface area contributed by atoms with Crippen molar-refractivity contribution in [3.8, 4) is 17.2 Å². The number of aliphatic imine (C=N–C) groups is 1. The second-order valence-corrected chi connectivity index (χ2v) is 6.68. The molecule has 7 nitrogen and oxygen atoms in total. The molecular formula is C22H28IN5O2. The second-order valence-electron chi connectivity index (χ2n) is 6.68. The lowest BCUT2D eigenvalue weighted by Gasteiger charge is -2.21. The van der Waals surface area contributed by atoms with Gasteiger partial charge in [-0.05, 0) is 29.8 Å². The number of nitrogens with one attached hydrogen (secondary N) is 1. The number of hydrogen-bond donors (Lipinski definition) is 1. The third-order valence-electron chi connectivity index (χ3n) is 4.42. The molecule has 0 aliphatic rings. The minimum absolute atomic E-state index is 0. The highest BCUT2D eigenvalue weighted by Gasteiger charge is 2.08. The maximum atomic E-state index is 5.92. The van der Waals surface area contributed by atoms with Gasteiger partial charge in [0.05, 0.1) is 13.3 Å². The highest BCUT2D eigenvalue weighted by atomic mass is 127. The van der Waals surface area contributed by atoms with E-state index in [0.717, 1.165) is 29.4 Å². The molecule has 0 saturated carbocycles. The van der Waals surface area contributed by atoms with Crippen LogP contribution in [0.15, 0.2) is 65.9 Å². The van der Waals surface area contributed by atoms with E-state index < -0.39 is 0 Å². The molecule has 0 fully saturated rings. The molecule has 0 aliphatic heterocycles. The lowest BCUT2D eigenvalue weighted by Crippen LogP contribution is -2.37. The summed E-state index contributed by atoms with van der Waals surface area (Å²) in [6.45, 7) is 1.40. The first-order valence-corrected chi connectivity index (χ1v) is 9.38. The van der Waals surface area contributed by atoms with Crippen LogP contribution >= 0.6 is 24.0 Å². The van der Waals surface area contributed by atoms with E-state index in [-0.39, 0.29) is 24.0 Å². The summed E-state index contributed by atoms with van der Waals surface area (Å²) in [7, 11) is 7.34. The van der Waals surface area contributed by atoms with Gasteiger partial charge in [-0.15, -0.1) is 24.0 Å². The quantitative estimate of drug-likeness (QED) is 0.289. The molecule has 160 valence electrons. The van der Waals surface area contributed by atoms with Gasteiger partial charge in [0.15, 0.2) is 17.5 Å². The predicted octanol–water partition coefficient (Wildman–Crippen LogP) is 4.05. The Labute approximate surface area is 194 Å². The van der Waals surface area contributed by atoms with Gasteiger partial charge in [0.1, 0.15) is 5.75 Å². The minimum Gasteiger partial charge on any atom is -0.493 e. The first-order valence-electron chi connectivity index (χ1n) is 9.38.